The molecule has 0 aliphatic carbocycles. The summed E-state index contributed by atoms with van der Waals surface area (Å²) in [6.45, 7) is 5.08. The molecule has 0 bridgehead atoms. The van der Waals surface area contributed by atoms with Crippen LogP contribution < -0.4 is 0 Å². The van der Waals surface area contributed by atoms with Gasteiger partial charge in [-0.25, -0.2) is 8.42 Å². The van der Waals surface area contributed by atoms with Gasteiger partial charge < -0.3 is 4.90 Å². The maximum Gasteiger partial charge on any atom is 0.243 e. The van der Waals surface area contributed by atoms with E-state index >= 15 is 0 Å². The second kappa shape index (κ2) is 5.75. The number of benzene rings is 1. The van der Waals surface area contributed by atoms with Gasteiger partial charge in [0.2, 0.25) is 10.0 Å². The van der Waals surface area contributed by atoms with Crippen molar-refractivity contribution in [3.8, 4) is 0 Å². The molecule has 6 heteroatoms. The first kappa shape index (κ1) is 15.9. The molecule has 0 radical (unpaired) electrons. The Morgan fingerprint density at radius 1 is 1.30 bits per heavy atom. The second-order valence-corrected chi connectivity index (χ2v) is 8.56. The number of hydrogen-bond acceptors (Lipinski definition) is 3. The van der Waals surface area contributed by atoms with E-state index in [-0.39, 0.29) is 6.04 Å². The third kappa shape index (κ3) is 2.93. The number of halogens is 1. The molecule has 2 unspecified atom stereocenters. The highest BCUT2D eigenvalue weighted by Gasteiger charge is 2.38. The zero-order valence-electron chi connectivity index (χ0n) is 12.3. The molecule has 2 rings (SSSR count). The lowest BCUT2D eigenvalue weighted by Gasteiger charge is -2.22. The summed E-state index contributed by atoms with van der Waals surface area (Å²) in [7, 11) is 0.589. The van der Waals surface area contributed by atoms with E-state index in [2.05, 4.69) is 27.8 Å². The molecule has 112 valence electrons. The highest BCUT2D eigenvalue weighted by Crippen LogP contribution is 2.29. The summed E-state index contributed by atoms with van der Waals surface area (Å²) in [5, 5.41) is 0. The first-order valence-electron chi connectivity index (χ1n) is 6.66. The highest BCUT2D eigenvalue weighted by atomic mass is 79.9. The van der Waals surface area contributed by atoms with Gasteiger partial charge in [-0.2, -0.15) is 4.31 Å². The predicted molar refractivity (Wildman–Crippen MR) is 84.3 cm³/mol. The van der Waals surface area contributed by atoms with Gasteiger partial charge in [-0.1, -0.05) is 28.9 Å². The quantitative estimate of drug-likeness (QED) is 0.830. The molecular formula is C14H21BrN2O2S. The molecule has 1 aromatic carbocycles. The minimum atomic E-state index is -3.41. The van der Waals surface area contributed by atoms with Crippen molar-refractivity contribution < 1.29 is 8.42 Å². The molecule has 1 fully saturated rings. The SMILES string of the molecule is Cc1ccc(Br)cc1S(=O)(=O)N1CC(C)C(N(C)C)C1. The fraction of sp³-hybridized carbons (Fsp3) is 0.571. The number of rotatable bonds is 3. The Kier molecular flexibility index (Phi) is 4.59. The Hall–Kier alpha value is -0.430. The molecule has 2 atom stereocenters. The molecule has 0 amide bonds. The summed E-state index contributed by atoms with van der Waals surface area (Å²) in [5.74, 6) is 0.340. The molecule has 1 aliphatic rings. The lowest BCUT2D eigenvalue weighted by atomic mass is 10.1. The van der Waals surface area contributed by atoms with E-state index in [0.717, 1.165) is 10.0 Å². The number of sulfonamides is 1. The van der Waals surface area contributed by atoms with E-state index in [0.29, 0.717) is 23.9 Å². The van der Waals surface area contributed by atoms with Crippen LogP contribution in [0.2, 0.25) is 0 Å². The summed E-state index contributed by atoms with van der Waals surface area (Å²) >= 11 is 3.35. The summed E-state index contributed by atoms with van der Waals surface area (Å²) in [6.07, 6.45) is 0. The van der Waals surface area contributed by atoms with Crippen LogP contribution in [0.4, 0.5) is 0 Å². The fourth-order valence-corrected chi connectivity index (χ4v) is 5.09. The fourth-order valence-electron chi connectivity index (χ4n) is 2.77. The molecule has 1 aliphatic heterocycles. The predicted octanol–water partition coefficient (Wildman–Crippen LogP) is 2.33. The van der Waals surface area contributed by atoms with E-state index in [1.807, 2.05) is 33.2 Å². The molecule has 1 aromatic rings. The molecule has 4 nitrogen and oxygen atoms in total. The maximum absolute atomic E-state index is 12.8. The Morgan fingerprint density at radius 3 is 2.50 bits per heavy atom. The largest absolute Gasteiger partial charge is 0.305 e. The Morgan fingerprint density at radius 2 is 1.95 bits per heavy atom. The van der Waals surface area contributed by atoms with Gasteiger partial charge in [-0.3, -0.25) is 0 Å². The van der Waals surface area contributed by atoms with Crippen molar-refractivity contribution in [2.45, 2.75) is 24.8 Å². The van der Waals surface area contributed by atoms with Crippen LogP contribution in [0.3, 0.4) is 0 Å². The van der Waals surface area contributed by atoms with Crippen LogP contribution in [0.1, 0.15) is 12.5 Å². The van der Waals surface area contributed by atoms with Crippen LogP contribution in [-0.2, 0) is 10.0 Å². The summed E-state index contributed by atoms with van der Waals surface area (Å²) in [5.41, 5.74) is 0.786. The van der Waals surface area contributed by atoms with Crippen molar-refractivity contribution in [1.82, 2.24) is 9.21 Å². The van der Waals surface area contributed by atoms with Gasteiger partial charge in [0.15, 0.2) is 0 Å². The van der Waals surface area contributed by atoms with E-state index in [1.54, 1.807) is 10.4 Å². The van der Waals surface area contributed by atoms with E-state index in [4.69, 9.17) is 0 Å². The van der Waals surface area contributed by atoms with Crippen LogP contribution in [0.15, 0.2) is 27.6 Å². The molecular weight excluding hydrogens is 340 g/mol. The Balaban J connectivity index is 2.35. The minimum absolute atomic E-state index is 0.275. The molecule has 1 saturated heterocycles. The average molecular weight is 361 g/mol. The maximum atomic E-state index is 12.8. The Bertz CT molecular complexity index is 601. The number of nitrogens with zero attached hydrogens (tertiary/aromatic N) is 2. The Labute approximate surface area is 129 Å². The standard InChI is InChI=1S/C14H21BrN2O2S/c1-10-5-6-12(15)7-14(10)20(18,19)17-8-11(2)13(9-17)16(3)4/h5-7,11,13H,8-9H2,1-4H3. The zero-order chi connectivity index (χ0) is 15.1. The zero-order valence-corrected chi connectivity index (χ0v) is 14.7. The van der Waals surface area contributed by atoms with E-state index in [9.17, 15) is 8.42 Å². The third-order valence-electron chi connectivity index (χ3n) is 3.97. The molecule has 0 spiro atoms. The number of likely N-dealkylation sites (N-methyl/N-ethyl adjacent to an activating group) is 1. The lowest BCUT2D eigenvalue weighted by molar-refractivity contribution is 0.263. The van der Waals surface area contributed by atoms with Crippen molar-refractivity contribution in [2.75, 3.05) is 27.2 Å². The van der Waals surface area contributed by atoms with Crippen LogP contribution in [0.5, 0.6) is 0 Å². The highest BCUT2D eigenvalue weighted by molar-refractivity contribution is 9.10. The lowest BCUT2D eigenvalue weighted by Crippen LogP contribution is -2.35. The summed E-state index contributed by atoms with van der Waals surface area (Å²) in [6, 6.07) is 5.67. The molecule has 1 heterocycles. The number of aryl methyl sites for hydroxylation is 1. The monoisotopic (exact) mass is 360 g/mol. The van der Waals surface area contributed by atoms with Gasteiger partial charge >= 0.3 is 0 Å². The van der Waals surface area contributed by atoms with Crippen LogP contribution in [0.25, 0.3) is 0 Å². The van der Waals surface area contributed by atoms with Gasteiger partial charge in [-0.15, -0.1) is 0 Å². The van der Waals surface area contributed by atoms with Gasteiger partial charge in [0.05, 0.1) is 4.90 Å². The molecule has 0 N–H and O–H groups in total. The topological polar surface area (TPSA) is 40.6 Å². The van der Waals surface area contributed by atoms with Gasteiger partial charge in [0, 0.05) is 23.6 Å². The third-order valence-corrected chi connectivity index (χ3v) is 6.44. The summed E-state index contributed by atoms with van der Waals surface area (Å²) < 4.78 is 28.0. The van der Waals surface area contributed by atoms with Gasteiger partial charge in [0.25, 0.3) is 0 Å². The second-order valence-electron chi connectivity index (χ2n) is 5.74. The van der Waals surface area contributed by atoms with E-state index in [1.165, 1.54) is 0 Å². The first-order chi connectivity index (χ1) is 9.23. The van der Waals surface area contributed by atoms with Crippen molar-refractivity contribution in [1.29, 1.82) is 0 Å². The van der Waals surface area contributed by atoms with Crippen molar-refractivity contribution >= 4 is 26.0 Å². The molecule has 0 aromatic heterocycles. The number of hydrogen-bond donors (Lipinski definition) is 0. The normalized spacial score (nSPS) is 24.5. The first-order valence-corrected chi connectivity index (χ1v) is 8.89. The van der Waals surface area contributed by atoms with Crippen molar-refractivity contribution in [3.05, 3.63) is 28.2 Å². The van der Waals surface area contributed by atoms with Crippen LogP contribution in [-0.4, -0.2) is 50.8 Å². The summed E-state index contributed by atoms with van der Waals surface area (Å²) in [4.78, 5) is 2.51. The minimum Gasteiger partial charge on any atom is -0.305 e. The van der Waals surface area contributed by atoms with Crippen molar-refractivity contribution in [2.24, 2.45) is 5.92 Å². The molecule has 20 heavy (non-hydrogen) atoms. The average Bonchev–Trinajstić information content (AvgIpc) is 2.75. The van der Waals surface area contributed by atoms with Gasteiger partial charge in [-0.05, 0) is 44.6 Å². The molecule has 0 saturated carbocycles. The van der Waals surface area contributed by atoms with Crippen molar-refractivity contribution in [3.63, 3.8) is 0 Å². The van der Waals surface area contributed by atoms with Crippen LogP contribution in [0, 0.1) is 12.8 Å². The van der Waals surface area contributed by atoms with Crippen LogP contribution >= 0.6 is 15.9 Å². The smallest absolute Gasteiger partial charge is 0.243 e. The van der Waals surface area contributed by atoms with E-state index < -0.39 is 10.0 Å². The van der Waals surface area contributed by atoms with Gasteiger partial charge in [0.1, 0.15) is 0 Å².